The molecule has 0 spiro atoms. The summed E-state index contributed by atoms with van der Waals surface area (Å²) >= 11 is 7.49. The van der Waals surface area contributed by atoms with Crippen molar-refractivity contribution in [1.29, 1.82) is 0 Å². The first-order valence-electron chi connectivity index (χ1n) is 7.31. The van der Waals surface area contributed by atoms with E-state index in [9.17, 15) is 4.79 Å². The molecule has 0 unspecified atom stereocenters. The van der Waals surface area contributed by atoms with Crippen molar-refractivity contribution in [2.75, 3.05) is 6.61 Å². The van der Waals surface area contributed by atoms with Gasteiger partial charge in [0.15, 0.2) is 0 Å². The van der Waals surface area contributed by atoms with Crippen molar-refractivity contribution in [3.05, 3.63) is 50.7 Å². The fourth-order valence-corrected chi connectivity index (χ4v) is 2.94. The highest BCUT2D eigenvalue weighted by atomic mass is 35.5. The molecule has 0 atom stereocenters. The monoisotopic (exact) mass is 350 g/mol. The molecule has 0 saturated carbocycles. The van der Waals surface area contributed by atoms with E-state index >= 15 is 0 Å². The fraction of sp³-hybridized carbons (Fsp3) is 0.294. The minimum atomic E-state index is -0.119. The number of halogens is 1. The Morgan fingerprint density at radius 2 is 2.17 bits per heavy atom. The van der Waals surface area contributed by atoms with E-state index in [1.54, 1.807) is 23.6 Å². The molecular weight excluding hydrogens is 332 g/mol. The number of hydrogen-bond donors (Lipinski definition) is 1. The molecule has 1 amide bonds. The van der Waals surface area contributed by atoms with Gasteiger partial charge in [-0.3, -0.25) is 4.79 Å². The number of carbonyl (C=O) groups is 1. The topological polar surface area (TPSA) is 50.7 Å². The average molecular weight is 351 g/mol. The van der Waals surface area contributed by atoms with Crippen molar-refractivity contribution in [2.45, 2.75) is 26.7 Å². The zero-order valence-electron chi connectivity index (χ0n) is 13.1. The van der Waals surface area contributed by atoms with Crippen molar-refractivity contribution < 1.29 is 9.53 Å². The summed E-state index contributed by atoms with van der Waals surface area (Å²) in [4.78, 5) is 12.7. The van der Waals surface area contributed by atoms with Crippen LogP contribution in [-0.2, 0) is 4.79 Å². The number of aryl methyl sites for hydroxylation is 2. The number of benzene rings is 1. The molecule has 0 aliphatic heterocycles. The number of hydrogen-bond acceptors (Lipinski definition) is 4. The van der Waals surface area contributed by atoms with E-state index in [4.69, 9.17) is 16.3 Å². The van der Waals surface area contributed by atoms with Crippen molar-refractivity contribution in [1.82, 2.24) is 5.43 Å². The smallest absolute Gasteiger partial charge is 0.240 e. The van der Waals surface area contributed by atoms with Crippen LogP contribution in [-0.4, -0.2) is 18.7 Å². The van der Waals surface area contributed by atoms with Crippen LogP contribution in [0.5, 0.6) is 5.75 Å². The third-order valence-electron chi connectivity index (χ3n) is 3.22. The van der Waals surface area contributed by atoms with Gasteiger partial charge in [0.05, 0.1) is 12.8 Å². The molecule has 6 heteroatoms. The maximum absolute atomic E-state index is 11.7. The van der Waals surface area contributed by atoms with Gasteiger partial charge >= 0.3 is 0 Å². The number of nitrogens with zero attached hydrogens (tertiary/aromatic N) is 1. The molecule has 23 heavy (non-hydrogen) atoms. The molecule has 4 nitrogen and oxygen atoms in total. The van der Waals surface area contributed by atoms with Crippen molar-refractivity contribution >= 4 is 35.1 Å². The lowest BCUT2D eigenvalue weighted by molar-refractivity contribution is -0.121. The van der Waals surface area contributed by atoms with E-state index < -0.39 is 0 Å². The van der Waals surface area contributed by atoms with Crippen molar-refractivity contribution in [2.24, 2.45) is 5.10 Å². The van der Waals surface area contributed by atoms with Gasteiger partial charge in [-0.1, -0.05) is 11.6 Å². The van der Waals surface area contributed by atoms with Gasteiger partial charge < -0.3 is 4.74 Å². The van der Waals surface area contributed by atoms with Crippen LogP contribution in [0, 0.1) is 13.8 Å². The number of amides is 1. The summed E-state index contributed by atoms with van der Waals surface area (Å²) in [5.74, 6) is 0.674. The summed E-state index contributed by atoms with van der Waals surface area (Å²) < 4.78 is 5.65. The van der Waals surface area contributed by atoms with Gasteiger partial charge in [0.25, 0.3) is 0 Å². The van der Waals surface area contributed by atoms with Crippen molar-refractivity contribution in [3.63, 3.8) is 0 Å². The van der Waals surface area contributed by atoms with Gasteiger partial charge in [-0.15, -0.1) is 11.3 Å². The Morgan fingerprint density at radius 3 is 2.87 bits per heavy atom. The largest absolute Gasteiger partial charge is 0.493 e. The third-order valence-corrected chi connectivity index (χ3v) is 4.40. The van der Waals surface area contributed by atoms with E-state index in [1.807, 2.05) is 37.4 Å². The van der Waals surface area contributed by atoms with Crippen LogP contribution in [0.1, 0.15) is 28.8 Å². The van der Waals surface area contributed by atoms with Crippen LogP contribution in [0.3, 0.4) is 0 Å². The molecule has 1 N–H and O–H groups in total. The predicted octanol–water partition coefficient (Wildman–Crippen LogP) is 4.33. The van der Waals surface area contributed by atoms with E-state index in [0.717, 1.165) is 21.8 Å². The lowest BCUT2D eigenvalue weighted by atomic mass is 10.2. The molecule has 1 aromatic carbocycles. The fourth-order valence-electron chi connectivity index (χ4n) is 1.93. The molecule has 1 heterocycles. The highest BCUT2D eigenvalue weighted by molar-refractivity contribution is 7.11. The van der Waals surface area contributed by atoms with Crippen LogP contribution in [0.25, 0.3) is 0 Å². The minimum absolute atomic E-state index is 0.119. The molecule has 0 aliphatic rings. The molecule has 2 rings (SSSR count). The van der Waals surface area contributed by atoms with E-state index in [-0.39, 0.29) is 5.91 Å². The van der Waals surface area contributed by atoms with Gasteiger partial charge in [0.2, 0.25) is 5.91 Å². The Morgan fingerprint density at radius 1 is 1.35 bits per heavy atom. The molecule has 0 aliphatic carbocycles. The number of carbonyl (C=O) groups excluding carboxylic acids is 1. The second kappa shape index (κ2) is 8.70. The first-order chi connectivity index (χ1) is 11.1. The highest BCUT2D eigenvalue weighted by Gasteiger charge is 2.03. The Hall–Kier alpha value is -1.85. The Bertz CT molecular complexity index is 698. The number of nitrogens with one attached hydrogen (secondary N) is 1. The average Bonchev–Trinajstić information content (AvgIpc) is 2.91. The Balaban J connectivity index is 1.67. The number of thiophene rings is 1. The standard InChI is InChI=1S/C17H19ClN2O2S/c1-12-7-9-23-16(12)11-19-20-17(21)4-3-8-22-15-6-5-14(18)10-13(15)2/h5-7,9-11H,3-4,8H2,1-2H3,(H,20,21)/b19-11+. The van der Waals surface area contributed by atoms with Crippen LogP contribution < -0.4 is 10.2 Å². The highest BCUT2D eigenvalue weighted by Crippen LogP contribution is 2.21. The summed E-state index contributed by atoms with van der Waals surface area (Å²) in [6.45, 7) is 4.43. The predicted molar refractivity (Wildman–Crippen MR) is 95.7 cm³/mol. The molecular formula is C17H19ClN2O2S. The summed E-state index contributed by atoms with van der Waals surface area (Å²) in [6, 6.07) is 7.50. The summed E-state index contributed by atoms with van der Waals surface area (Å²) in [6.07, 6.45) is 2.67. The minimum Gasteiger partial charge on any atom is -0.493 e. The van der Waals surface area contributed by atoms with E-state index in [2.05, 4.69) is 10.5 Å². The summed E-state index contributed by atoms with van der Waals surface area (Å²) in [7, 11) is 0. The second-order valence-electron chi connectivity index (χ2n) is 5.12. The SMILES string of the molecule is Cc1cc(Cl)ccc1OCCCC(=O)N/N=C/c1sccc1C. The van der Waals surface area contributed by atoms with Gasteiger partial charge in [0, 0.05) is 16.3 Å². The lowest BCUT2D eigenvalue weighted by Crippen LogP contribution is -2.18. The van der Waals surface area contributed by atoms with Crippen LogP contribution in [0.4, 0.5) is 0 Å². The molecule has 0 bridgehead atoms. The second-order valence-corrected chi connectivity index (χ2v) is 6.51. The number of ether oxygens (including phenoxy) is 1. The first kappa shape index (κ1) is 17.5. The van der Waals surface area contributed by atoms with Gasteiger partial charge in [-0.05, 0) is 61.0 Å². The summed E-state index contributed by atoms with van der Waals surface area (Å²) in [5, 5.41) is 6.65. The zero-order chi connectivity index (χ0) is 16.7. The normalized spacial score (nSPS) is 10.9. The quantitative estimate of drug-likeness (QED) is 0.459. The molecule has 0 saturated heterocycles. The zero-order valence-corrected chi connectivity index (χ0v) is 14.7. The van der Waals surface area contributed by atoms with Gasteiger partial charge in [-0.2, -0.15) is 5.10 Å². The van der Waals surface area contributed by atoms with E-state index in [0.29, 0.717) is 24.5 Å². The van der Waals surface area contributed by atoms with Gasteiger partial charge in [0.1, 0.15) is 5.75 Å². The van der Waals surface area contributed by atoms with E-state index in [1.165, 1.54) is 0 Å². The third kappa shape index (κ3) is 5.69. The first-order valence-corrected chi connectivity index (χ1v) is 8.57. The van der Waals surface area contributed by atoms with Gasteiger partial charge in [-0.25, -0.2) is 5.43 Å². The van der Waals surface area contributed by atoms with Crippen LogP contribution in [0.15, 0.2) is 34.7 Å². The lowest BCUT2D eigenvalue weighted by Gasteiger charge is -2.08. The van der Waals surface area contributed by atoms with Crippen molar-refractivity contribution in [3.8, 4) is 5.75 Å². The van der Waals surface area contributed by atoms with Crippen LogP contribution in [0.2, 0.25) is 5.02 Å². The maximum atomic E-state index is 11.7. The molecule has 1 aromatic heterocycles. The molecule has 2 aromatic rings. The molecule has 0 fully saturated rings. The molecule has 122 valence electrons. The number of rotatable bonds is 7. The Kier molecular flexibility index (Phi) is 6.62. The molecule has 0 radical (unpaired) electrons. The van der Waals surface area contributed by atoms with Crippen LogP contribution >= 0.6 is 22.9 Å². The summed E-state index contributed by atoms with van der Waals surface area (Å²) in [5.41, 5.74) is 4.67. The Labute approximate surface area is 145 Å². The maximum Gasteiger partial charge on any atom is 0.240 e. The number of hydrazone groups is 1.